The third kappa shape index (κ3) is 1.38. The normalized spacial score (nSPS) is 18.5. The number of rotatable bonds is 2. The zero-order chi connectivity index (χ0) is 11.1. The van der Waals surface area contributed by atoms with Crippen LogP contribution in [0.2, 0.25) is 0 Å². The summed E-state index contributed by atoms with van der Waals surface area (Å²) in [5.74, 6) is 0.00683. The Morgan fingerprint density at radius 2 is 1.93 bits per heavy atom. The molecule has 1 aliphatic carbocycles. The molecular weight excluding hydrogens is 190 g/mol. The van der Waals surface area contributed by atoms with Crippen molar-refractivity contribution in [2.45, 2.75) is 31.6 Å². The van der Waals surface area contributed by atoms with E-state index < -0.39 is 0 Å². The zero-order valence-electron chi connectivity index (χ0n) is 8.95. The van der Waals surface area contributed by atoms with Crippen molar-refractivity contribution in [1.82, 2.24) is 0 Å². The van der Waals surface area contributed by atoms with Gasteiger partial charge in [0.1, 0.15) is 0 Å². The van der Waals surface area contributed by atoms with Crippen LogP contribution in [0.3, 0.4) is 0 Å². The molecule has 1 aliphatic rings. The average Bonchev–Trinajstić information content (AvgIpc) is 2.17. The summed E-state index contributed by atoms with van der Waals surface area (Å²) in [6.07, 6.45) is 3.14. The molecular formula is C12H17NO2. The van der Waals surface area contributed by atoms with Gasteiger partial charge in [-0.1, -0.05) is 18.6 Å². The Morgan fingerprint density at radius 1 is 1.27 bits per heavy atom. The molecule has 1 fully saturated rings. The zero-order valence-corrected chi connectivity index (χ0v) is 8.95. The molecule has 0 radical (unpaired) electrons. The van der Waals surface area contributed by atoms with Gasteiger partial charge in [0.15, 0.2) is 11.5 Å². The van der Waals surface area contributed by atoms with E-state index in [1.54, 1.807) is 6.92 Å². The van der Waals surface area contributed by atoms with Crippen molar-refractivity contribution in [3.8, 4) is 11.5 Å². The van der Waals surface area contributed by atoms with E-state index in [0.717, 1.165) is 24.8 Å². The summed E-state index contributed by atoms with van der Waals surface area (Å²) in [6, 6.07) is 3.72. The lowest BCUT2D eigenvalue weighted by atomic mass is 9.64. The summed E-state index contributed by atoms with van der Waals surface area (Å²) in [4.78, 5) is 0. The van der Waals surface area contributed by atoms with E-state index in [-0.39, 0.29) is 16.9 Å². The number of phenolic OH excluding ortho intramolecular Hbond substituents is 2. The molecule has 0 unspecified atom stereocenters. The maximum atomic E-state index is 9.90. The van der Waals surface area contributed by atoms with E-state index in [1.807, 2.05) is 12.1 Å². The van der Waals surface area contributed by atoms with Crippen molar-refractivity contribution in [3.63, 3.8) is 0 Å². The van der Waals surface area contributed by atoms with Gasteiger partial charge in [0.05, 0.1) is 0 Å². The number of aromatic hydroxyl groups is 2. The first-order valence-corrected chi connectivity index (χ1v) is 5.33. The van der Waals surface area contributed by atoms with Gasteiger partial charge in [0.25, 0.3) is 0 Å². The molecule has 0 bridgehead atoms. The Kier molecular flexibility index (Phi) is 2.35. The molecule has 3 heteroatoms. The number of hydrogen-bond donors (Lipinski definition) is 3. The first-order chi connectivity index (χ1) is 7.10. The Balaban J connectivity index is 2.49. The topological polar surface area (TPSA) is 66.5 Å². The summed E-state index contributed by atoms with van der Waals surface area (Å²) in [7, 11) is 0. The first-order valence-electron chi connectivity index (χ1n) is 5.33. The molecule has 0 atom stereocenters. The molecule has 3 nitrogen and oxygen atoms in total. The van der Waals surface area contributed by atoms with Crippen LogP contribution in [0.15, 0.2) is 12.1 Å². The standard InChI is InChI=1S/C12H17NO2/c1-8-3-4-9(11(15)10(8)14)12(7-13)5-2-6-12/h3-4,14-15H,2,5-7,13H2,1H3. The van der Waals surface area contributed by atoms with E-state index in [9.17, 15) is 10.2 Å². The molecule has 0 saturated heterocycles. The number of benzene rings is 1. The largest absolute Gasteiger partial charge is 0.504 e. The van der Waals surface area contributed by atoms with Crippen molar-refractivity contribution < 1.29 is 10.2 Å². The minimum absolute atomic E-state index is 0.00720. The minimum atomic E-state index is -0.102. The fraction of sp³-hybridized carbons (Fsp3) is 0.500. The van der Waals surface area contributed by atoms with Gasteiger partial charge in [-0.15, -0.1) is 0 Å². The Morgan fingerprint density at radius 3 is 2.40 bits per heavy atom. The monoisotopic (exact) mass is 207 g/mol. The quantitative estimate of drug-likeness (QED) is 0.648. The number of nitrogens with two attached hydrogens (primary N) is 1. The molecule has 2 rings (SSSR count). The summed E-state index contributed by atoms with van der Waals surface area (Å²) < 4.78 is 0. The molecule has 0 amide bonds. The van der Waals surface area contributed by atoms with Crippen LogP contribution in [0.5, 0.6) is 11.5 Å². The van der Waals surface area contributed by atoms with Gasteiger partial charge in [-0.25, -0.2) is 0 Å². The van der Waals surface area contributed by atoms with E-state index in [0.29, 0.717) is 12.1 Å². The van der Waals surface area contributed by atoms with Crippen LogP contribution in [0.25, 0.3) is 0 Å². The second-order valence-electron chi connectivity index (χ2n) is 4.47. The minimum Gasteiger partial charge on any atom is -0.504 e. The molecule has 1 aromatic carbocycles. The van der Waals surface area contributed by atoms with Gasteiger partial charge in [-0.05, 0) is 25.3 Å². The van der Waals surface area contributed by atoms with E-state index in [2.05, 4.69) is 0 Å². The smallest absolute Gasteiger partial charge is 0.161 e. The summed E-state index contributed by atoms with van der Waals surface area (Å²) in [5, 5.41) is 19.6. The van der Waals surface area contributed by atoms with E-state index in [1.165, 1.54) is 0 Å². The third-order valence-corrected chi connectivity index (χ3v) is 3.63. The van der Waals surface area contributed by atoms with Crippen LogP contribution in [-0.2, 0) is 5.41 Å². The highest BCUT2D eigenvalue weighted by Crippen LogP contribution is 2.48. The van der Waals surface area contributed by atoms with Gasteiger partial charge < -0.3 is 15.9 Å². The van der Waals surface area contributed by atoms with Crippen LogP contribution in [0.1, 0.15) is 30.4 Å². The Hall–Kier alpha value is -1.22. The number of hydrogen-bond acceptors (Lipinski definition) is 3. The maximum Gasteiger partial charge on any atom is 0.161 e. The van der Waals surface area contributed by atoms with E-state index >= 15 is 0 Å². The van der Waals surface area contributed by atoms with Crippen LogP contribution in [0.4, 0.5) is 0 Å². The molecule has 1 aromatic rings. The SMILES string of the molecule is Cc1ccc(C2(CN)CCC2)c(O)c1O. The molecule has 82 valence electrons. The fourth-order valence-corrected chi connectivity index (χ4v) is 2.30. The van der Waals surface area contributed by atoms with Gasteiger partial charge in [0.2, 0.25) is 0 Å². The maximum absolute atomic E-state index is 9.90. The van der Waals surface area contributed by atoms with Gasteiger partial charge in [-0.3, -0.25) is 0 Å². The number of phenols is 2. The lowest BCUT2D eigenvalue weighted by Gasteiger charge is -2.41. The second-order valence-corrected chi connectivity index (χ2v) is 4.47. The molecule has 4 N–H and O–H groups in total. The van der Waals surface area contributed by atoms with Crippen LogP contribution < -0.4 is 5.73 Å². The highest BCUT2D eigenvalue weighted by atomic mass is 16.3. The molecule has 0 spiro atoms. The average molecular weight is 207 g/mol. The lowest BCUT2D eigenvalue weighted by Crippen LogP contribution is -2.41. The first kappa shape index (κ1) is 10.3. The van der Waals surface area contributed by atoms with E-state index in [4.69, 9.17) is 5.73 Å². The Labute approximate surface area is 89.5 Å². The molecule has 15 heavy (non-hydrogen) atoms. The van der Waals surface area contributed by atoms with Gasteiger partial charge in [0, 0.05) is 17.5 Å². The lowest BCUT2D eigenvalue weighted by molar-refractivity contribution is 0.242. The highest BCUT2D eigenvalue weighted by molar-refractivity contribution is 5.53. The molecule has 1 saturated carbocycles. The van der Waals surface area contributed by atoms with Crippen molar-refractivity contribution >= 4 is 0 Å². The molecule has 0 aromatic heterocycles. The van der Waals surface area contributed by atoms with Crippen LogP contribution in [-0.4, -0.2) is 16.8 Å². The number of aryl methyl sites for hydroxylation is 1. The van der Waals surface area contributed by atoms with Crippen molar-refractivity contribution in [2.24, 2.45) is 5.73 Å². The summed E-state index contributed by atoms with van der Waals surface area (Å²) in [5.41, 5.74) is 7.17. The summed E-state index contributed by atoms with van der Waals surface area (Å²) >= 11 is 0. The molecule has 0 heterocycles. The van der Waals surface area contributed by atoms with Crippen molar-refractivity contribution in [3.05, 3.63) is 23.3 Å². The predicted octanol–water partition coefficient (Wildman–Crippen LogP) is 1.79. The van der Waals surface area contributed by atoms with Gasteiger partial charge in [-0.2, -0.15) is 0 Å². The third-order valence-electron chi connectivity index (χ3n) is 3.63. The highest BCUT2D eigenvalue weighted by Gasteiger charge is 2.39. The predicted molar refractivity (Wildman–Crippen MR) is 59.1 cm³/mol. The van der Waals surface area contributed by atoms with Crippen molar-refractivity contribution in [2.75, 3.05) is 6.54 Å². The fourth-order valence-electron chi connectivity index (χ4n) is 2.30. The van der Waals surface area contributed by atoms with Crippen LogP contribution >= 0.6 is 0 Å². The van der Waals surface area contributed by atoms with Gasteiger partial charge >= 0.3 is 0 Å². The molecule has 0 aliphatic heterocycles. The van der Waals surface area contributed by atoms with Crippen LogP contribution in [0, 0.1) is 6.92 Å². The Bertz CT molecular complexity index is 378. The summed E-state index contributed by atoms with van der Waals surface area (Å²) in [6.45, 7) is 2.30. The second kappa shape index (κ2) is 3.42. The van der Waals surface area contributed by atoms with Crippen molar-refractivity contribution in [1.29, 1.82) is 0 Å².